The van der Waals surface area contributed by atoms with Gasteiger partial charge in [0.1, 0.15) is 5.75 Å². The number of carbonyl (C=O) groups is 1. The van der Waals surface area contributed by atoms with Gasteiger partial charge < -0.3 is 19.5 Å². The summed E-state index contributed by atoms with van der Waals surface area (Å²) in [5.41, 5.74) is 3.93. The number of methoxy groups -OCH3 is 2. The van der Waals surface area contributed by atoms with E-state index in [1.165, 1.54) is 24.0 Å². The number of aryl methyl sites for hydroxylation is 3. The quantitative estimate of drug-likeness (QED) is 0.585. The van der Waals surface area contributed by atoms with E-state index in [0.717, 1.165) is 48.5 Å². The number of hydrogen-bond acceptors (Lipinski definition) is 4. The Balaban J connectivity index is 1.47. The van der Waals surface area contributed by atoms with E-state index in [4.69, 9.17) is 14.2 Å². The number of hydrogen-bond donors (Lipinski definition) is 1. The third-order valence-electron chi connectivity index (χ3n) is 5.65. The molecule has 1 N–H and O–H groups in total. The van der Waals surface area contributed by atoms with Crippen molar-refractivity contribution in [3.8, 4) is 17.2 Å². The number of ether oxygens (including phenoxy) is 3. The van der Waals surface area contributed by atoms with Crippen molar-refractivity contribution in [1.82, 2.24) is 5.32 Å². The highest BCUT2D eigenvalue weighted by molar-refractivity contribution is 5.81. The summed E-state index contributed by atoms with van der Waals surface area (Å²) in [6.45, 7) is 2.59. The van der Waals surface area contributed by atoms with Crippen LogP contribution in [-0.2, 0) is 24.1 Å². The fourth-order valence-electron chi connectivity index (χ4n) is 3.92. The molecule has 162 valence electrons. The SMILES string of the molecule is CCC(Oc1ccc2c(c1)CCCC2)C(=O)NCCCc1ccc(OC)c(OC)c1. The van der Waals surface area contributed by atoms with E-state index in [-0.39, 0.29) is 5.91 Å². The summed E-state index contributed by atoms with van der Waals surface area (Å²) in [4.78, 5) is 12.6. The summed E-state index contributed by atoms with van der Waals surface area (Å²) in [6, 6.07) is 12.2. The van der Waals surface area contributed by atoms with Crippen LogP contribution in [0, 0.1) is 0 Å². The molecule has 3 rings (SSSR count). The van der Waals surface area contributed by atoms with Gasteiger partial charge >= 0.3 is 0 Å². The molecule has 0 bridgehead atoms. The molecule has 30 heavy (non-hydrogen) atoms. The molecule has 0 radical (unpaired) electrons. The van der Waals surface area contributed by atoms with Crippen molar-refractivity contribution in [1.29, 1.82) is 0 Å². The summed E-state index contributed by atoms with van der Waals surface area (Å²) in [6.07, 6.45) is 6.61. The van der Waals surface area contributed by atoms with Crippen LogP contribution in [-0.4, -0.2) is 32.8 Å². The molecule has 1 atom stereocenters. The van der Waals surface area contributed by atoms with Crippen LogP contribution in [0.4, 0.5) is 0 Å². The van der Waals surface area contributed by atoms with E-state index in [1.807, 2.05) is 31.2 Å². The minimum absolute atomic E-state index is 0.0532. The summed E-state index contributed by atoms with van der Waals surface area (Å²) in [5.74, 6) is 2.19. The minimum Gasteiger partial charge on any atom is -0.493 e. The fraction of sp³-hybridized carbons (Fsp3) is 0.480. The Morgan fingerprint density at radius 1 is 1.00 bits per heavy atom. The van der Waals surface area contributed by atoms with Gasteiger partial charge in [-0.05, 0) is 85.9 Å². The largest absolute Gasteiger partial charge is 0.493 e. The number of rotatable bonds is 10. The predicted octanol–water partition coefficient (Wildman–Crippen LogP) is 4.49. The van der Waals surface area contributed by atoms with Gasteiger partial charge in [-0.2, -0.15) is 0 Å². The maximum Gasteiger partial charge on any atom is 0.261 e. The first kappa shape index (κ1) is 22.0. The molecule has 0 aliphatic heterocycles. The van der Waals surface area contributed by atoms with Gasteiger partial charge in [-0.25, -0.2) is 0 Å². The zero-order valence-corrected chi connectivity index (χ0v) is 18.3. The van der Waals surface area contributed by atoms with Gasteiger partial charge in [0, 0.05) is 6.54 Å². The van der Waals surface area contributed by atoms with Crippen LogP contribution in [0.15, 0.2) is 36.4 Å². The third kappa shape index (κ3) is 5.68. The minimum atomic E-state index is -0.465. The standard InChI is InChI=1S/C25H33NO4/c1-4-22(30-21-13-12-19-9-5-6-10-20(19)17-21)25(27)26-15-7-8-18-11-14-23(28-2)24(16-18)29-3/h11-14,16-17,22H,4-10,15H2,1-3H3,(H,26,27). The average molecular weight is 412 g/mol. The smallest absolute Gasteiger partial charge is 0.261 e. The number of nitrogens with one attached hydrogen (secondary N) is 1. The summed E-state index contributed by atoms with van der Waals surface area (Å²) < 4.78 is 16.6. The van der Waals surface area contributed by atoms with E-state index >= 15 is 0 Å². The molecule has 2 aromatic carbocycles. The van der Waals surface area contributed by atoms with E-state index in [9.17, 15) is 4.79 Å². The zero-order valence-electron chi connectivity index (χ0n) is 18.3. The molecule has 1 unspecified atom stereocenters. The van der Waals surface area contributed by atoms with Crippen LogP contribution in [0.2, 0.25) is 0 Å². The molecule has 1 amide bonds. The lowest BCUT2D eigenvalue weighted by molar-refractivity contribution is -0.128. The van der Waals surface area contributed by atoms with Crippen LogP contribution < -0.4 is 19.5 Å². The van der Waals surface area contributed by atoms with Gasteiger partial charge in [0.25, 0.3) is 5.91 Å². The second-order valence-corrected chi connectivity index (χ2v) is 7.74. The number of amides is 1. The van der Waals surface area contributed by atoms with Gasteiger partial charge in [0.05, 0.1) is 14.2 Å². The molecule has 5 nitrogen and oxygen atoms in total. The zero-order chi connectivity index (χ0) is 21.3. The summed E-state index contributed by atoms with van der Waals surface area (Å²) in [7, 11) is 3.26. The lowest BCUT2D eigenvalue weighted by Crippen LogP contribution is -2.38. The van der Waals surface area contributed by atoms with Gasteiger partial charge in [0.15, 0.2) is 17.6 Å². The molecule has 0 saturated heterocycles. The first-order chi connectivity index (χ1) is 14.6. The molecule has 0 saturated carbocycles. The van der Waals surface area contributed by atoms with E-state index in [0.29, 0.717) is 13.0 Å². The molecule has 5 heteroatoms. The molecule has 2 aromatic rings. The molecule has 0 heterocycles. The third-order valence-corrected chi connectivity index (χ3v) is 5.65. The summed E-state index contributed by atoms with van der Waals surface area (Å²) >= 11 is 0. The second-order valence-electron chi connectivity index (χ2n) is 7.74. The monoisotopic (exact) mass is 411 g/mol. The van der Waals surface area contributed by atoms with Crippen molar-refractivity contribution in [2.24, 2.45) is 0 Å². The first-order valence-corrected chi connectivity index (χ1v) is 10.9. The van der Waals surface area contributed by atoms with Gasteiger partial charge in [0.2, 0.25) is 0 Å². The normalized spacial score (nSPS) is 13.8. The van der Waals surface area contributed by atoms with Crippen LogP contribution in [0.3, 0.4) is 0 Å². The lowest BCUT2D eigenvalue weighted by atomic mass is 9.92. The van der Waals surface area contributed by atoms with Crippen LogP contribution >= 0.6 is 0 Å². The molecule has 0 spiro atoms. The van der Waals surface area contributed by atoms with E-state index < -0.39 is 6.10 Å². The molecular formula is C25H33NO4. The van der Waals surface area contributed by atoms with Crippen molar-refractivity contribution in [2.75, 3.05) is 20.8 Å². The van der Waals surface area contributed by atoms with E-state index in [1.54, 1.807) is 14.2 Å². The molecule has 1 aliphatic rings. The van der Waals surface area contributed by atoms with Gasteiger partial charge in [-0.15, -0.1) is 0 Å². The predicted molar refractivity (Wildman–Crippen MR) is 119 cm³/mol. The Hall–Kier alpha value is -2.69. The fourth-order valence-corrected chi connectivity index (χ4v) is 3.92. The number of benzene rings is 2. The maximum atomic E-state index is 12.6. The second kappa shape index (κ2) is 10.9. The highest BCUT2D eigenvalue weighted by atomic mass is 16.5. The Morgan fingerprint density at radius 3 is 2.50 bits per heavy atom. The number of carbonyl (C=O) groups excluding carboxylic acids is 1. The van der Waals surface area contributed by atoms with Crippen molar-refractivity contribution < 1.29 is 19.0 Å². The van der Waals surface area contributed by atoms with E-state index in [2.05, 4.69) is 17.4 Å². The maximum absolute atomic E-state index is 12.6. The topological polar surface area (TPSA) is 56.8 Å². The molecule has 1 aliphatic carbocycles. The average Bonchev–Trinajstić information content (AvgIpc) is 2.79. The number of fused-ring (bicyclic) bond motifs is 1. The first-order valence-electron chi connectivity index (χ1n) is 10.9. The lowest BCUT2D eigenvalue weighted by Gasteiger charge is -2.20. The summed E-state index contributed by atoms with van der Waals surface area (Å²) in [5, 5.41) is 3.02. The molecule has 0 fully saturated rings. The van der Waals surface area contributed by atoms with Gasteiger partial charge in [-0.1, -0.05) is 19.1 Å². The Labute approximate surface area is 179 Å². The van der Waals surface area contributed by atoms with Crippen LogP contribution in [0.5, 0.6) is 17.2 Å². The molecule has 0 aromatic heterocycles. The Kier molecular flexibility index (Phi) is 8.00. The highest BCUT2D eigenvalue weighted by Gasteiger charge is 2.19. The van der Waals surface area contributed by atoms with Crippen molar-refractivity contribution in [3.05, 3.63) is 53.1 Å². The highest BCUT2D eigenvalue weighted by Crippen LogP contribution is 2.28. The van der Waals surface area contributed by atoms with Crippen molar-refractivity contribution in [3.63, 3.8) is 0 Å². The van der Waals surface area contributed by atoms with Crippen LogP contribution in [0.1, 0.15) is 49.3 Å². The van der Waals surface area contributed by atoms with Crippen molar-refractivity contribution >= 4 is 5.91 Å². The van der Waals surface area contributed by atoms with Crippen LogP contribution in [0.25, 0.3) is 0 Å². The van der Waals surface area contributed by atoms with Gasteiger partial charge in [-0.3, -0.25) is 4.79 Å². The Morgan fingerprint density at radius 2 is 1.77 bits per heavy atom. The molecular weight excluding hydrogens is 378 g/mol. The Bertz CT molecular complexity index is 849. The van der Waals surface area contributed by atoms with Crippen molar-refractivity contribution in [2.45, 2.75) is 58.0 Å².